The van der Waals surface area contributed by atoms with E-state index in [1.54, 1.807) is 0 Å². The van der Waals surface area contributed by atoms with Crippen LogP contribution in [0.15, 0.2) is 30.3 Å². The summed E-state index contributed by atoms with van der Waals surface area (Å²) in [5.41, 5.74) is 7.31. The van der Waals surface area contributed by atoms with Gasteiger partial charge in [-0.3, -0.25) is 9.69 Å². The predicted molar refractivity (Wildman–Crippen MR) is 99.2 cm³/mol. The minimum absolute atomic E-state index is 0.0505. The fraction of sp³-hybridized carbons (Fsp3) is 0.650. The van der Waals surface area contributed by atoms with Crippen molar-refractivity contribution in [1.82, 2.24) is 10.2 Å². The topological polar surface area (TPSA) is 67.6 Å². The van der Waals surface area contributed by atoms with Gasteiger partial charge >= 0.3 is 0 Å². The quantitative estimate of drug-likeness (QED) is 0.830. The molecule has 1 aliphatic carbocycles. The highest BCUT2D eigenvalue weighted by atomic mass is 16.5. The average Bonchev–Trinajstić information content (AvgIpc) is 2.68. The fourth-order valence-corrected chi connectivity index (χ4v) is 4.21. The van der Waals surface area contributed by atoms with Gasteiger partial charge < -0.3 is 15.8 Å². The summed E-state index contributed by atoms with van der Waals surface area (Å²) in [5, 5.41) is 3.19. The monoisotopic (exact) mass is 345 g/mol. The lowest BCUT2D eigenvalue weighted by Crippen LogP contribution is -2.59. The molecule has 1 amide bonds. The lowest BCUT2D eigenvalue weighted by molar-refractivity contribution is -0.122. The Morgan fingerprint density at radius 2 is 1.84 bits per heavy atom. The third-order valence-corrected chi connectivity index (χ3v) is 5.71. The number of hydrogen-bond donors (Lipinski definition) is 2. The Balaban J connectivity index is 1.56. The first kappa shape index (κ1) is 18.4. The second-order valence-corrected chi connectivity index (χ2v) is 7.38. The van der Waals surface area contributed by atoms with Crippen LogP contribution in [0.3, 0.4) is 0 Å². The number of benzene rings is 1. The van der Waals surface area contributed by atoms with Crippen molar-refractivity contribution >= 4 is 5.91 Å². The van der Waals surface area contributed by atoms with Crippen molar-refractivity contribution in [1.29, 1.82) is 0 Å². The number of nitrogens with zero attached hydrogens (tertiary/aromatic N) is 1. The molecule has 0 spiro atoms. The van der Waals surface area contributed by atoms with Gasteiger partial charge in [0.25, 0.3) is 0 Å². The molecule has 1 saturated heterocycles. The number of carbonyl (C=O) groups is 1. The van der Waals surface area contributed by atoms with Crippen molar-refractivity contribution in [2.24, 2.45) is 5.73 Å². The Bertz CT molecular complexity index is 537. The lowest BCUT2D eigenvalue weighted by atomic mass is 9.79. The van der Waals surface area contributed by atoms with Crippen molar-refractivity contribution < 1.29 is 9.53 Å². The van der Waals surface area contributed by atoms with E-state index in [0.717, 1.165) is 51.3 Å². The van der Waals surface area contributed by atoms with E-state index in [1.807, 2.05) is 30.3 Å². The van der Waals surface area contributed by atoms with Crippen molar-refractivity contribution in [2.45, 2.75) is 50.1 Å². The maximum absolute atomic E-state index is 12.5. The van der Waals surface area contributed by atoms with Crippen LogP contribution in [0.25, 0.3) is 0 Å². The van der Waals surface area contributed by atoms with Gasteiger partial charge in [0.05, 0.1) is 13.2 Å². The first-order valence-electron chi connectivity index (χ1n) is 9.60. The van der Waals surface area contributed by atoms with Gasteiger partial charge in [-0.15, -0.1) is 0 Å². The minimum Gasteiger partial charge on any atom is -0.379 e. The SMILES string of the molecule is NC(CC(=O)NCC1(N2CCOCC2)CCCCC1)c1ccccc1. The Morgan fingerprint density at radius 1 is 1.16 bits per heavy atom. The molecule has 2 fully saturated rings. The van der Waals surface area contributed by atoms with Gasteiger partial charge in [0.15, 0.2) is 0 Å². The maximum atomic E-state index is 12.5. The molecule has 0 aromatic heterocycles. The molecule has 1 saturated carbocycles. The average molecular weight is 345 g/mol. The van der Waals surface area contributed by atoms with Crippen LogP contribution >= 0.6 is 0 Å². The second-order valence-electron chi connectivity index (χ2n) is 7.38. The molecule has 5 heteroatoms. The lowest BCUT2D eigenvalue weighted by Gasteiger charge is -2.48. The van der Waals surface area contributed by atoms with Crippen LogP contribution in [-0.4, -0.2) is 49.2 Å². The molecule has 1 aromatic rings. The van der Waals surface area contributed by atoms with Crippen LogP contribution in [0, 0.1) is 0 Å². The molecule has 1 aromatic carbocycles. The van der Waals surface area contributed by atoms with E-state index in [9.17, 15) is 4.79 Å². The molecule has 1 aliphatic heterocycles. The maximum Gasteiger partial charge on any atom is 0.221 e. The molecule has 0 bridgehead atoms. The van der Waals surface area contributed by atoms with Crippen LogP contribution in [0.4, 0.5) is 0 Å². The summed E-state index contributed by atoms with van der Waals surface area (Å²) in [4.78, 5) is 15.0. The van der Waals surface area contributed by atoms with E-state index < -0.39 is 0 Å². The Hall–Kier alpha value is -1.43. The van der Waals surface area contributed by atoms with Gasteiger partial charge in [0.1, 0.15) is 0 Å². The van der Waals surface area contributed by atoms with E-state index in [4.69, 9.17) is 10.5 Å². The van der Waals surface area contributed by atoms with Crippen LogP contribution in [0.1, 0.15) is 50.1 Å². The van der Waals surface area contributed by atoms with Gasteiger partial charge in [-0.2, -0.15) is 0 Å². The van der Waals surface area contributed by atoms with E-state index in [-0.39, 0.29) is 17.5 Å². The van der Waals surface area contributed by atoms with E-state index in [1.165, 1.54) is 19.3 Å². The highest BCUT2D eigenvalue weighted by Gasteiger charge is 2.38. The minimum atomic E-state index is -0.244. The Morgan fingerprint density at radius 3 is 2.52 bits per heavy atom. The molecule has 3 rings (SSSR count). The predicted octanol–water partition coefficient (Wildman–Crippen LogP) is 2.23. The normalized spacial score (nSPS) is 22.3. The summed E-state index contributed by atoms with van der Waals surface area (Å²) in [5.74, 6) is 0.0505. The highest BCUT2D eigenvalue weighted by molar-refractivity contribution is 5.76. The zero-order valence-corrected chi connectivity index (χ0v) is 15.1. The molecule has 1 unspecified atom stereocenters. The summed E-state index contributed by atoms with van der Waals surface area (Å²) in [7, 11) is 0. The van der Waals surface area contributed by atoms with Gasteiger partial charge in [-0.1, -0.05) is 49.6 Å². The van der Waals surface area contributed by atoms with Crippen LogP contribution in [0.5, 0.6) is 0 Å². The number of nitrogens with two attached hydrogens (primary N) is 1. The third-order valence-electron chi connectivity index (χ3n) is 5.71. The summed E-state index contributed by atoms with van der Waals surface area (Å²) in [6.45, 7) is 4.27. The molecule has 2 aliphatic rings. The Labute approximate surface area is 150 Å². The molecule has 0 radical (unpaired) electrons. The fourth-order valence-electron chi connectivity index (χ4n) is 4.21. The number of nitrogens with one attached hydrogen (secondary N) is 1. The van der Waals surface area contributed by atoms with E-state index in [2.05, 4.69) is 10.2 Å². The number of morpholine rings is 1. The third kappa shape index (κ3) is 4.81. The van der Waals surface area contributed by atoms with Crippen molar-refractivity contribution in [2.75, 3.05) is 32.8 Å². The number of rotatable bonds is 6. The summed E-state index contributed by atoms with van der Waals surface area (Å²) < 4.78 is 5.52. The molecule has 3 N–H and O–H groups in total. The number of ether oxygens (including phenoxy) is 1. The molecule has 1 heterocycles. The molecule has 5 nitrogen and oxygen atoms in total. The summed E-state index contributed by atoms with van der Waals surface area (Å²) in [6, 6.07) is 9.60. The van der Waals surface area contributed by atoms with Crippen molar-refractivity contribution in [3.63, 3.8) is 0 Å². The van der Waals surface area contributed by atoms with Crippen LogP contribution in [0.2, 0.25) is 0 Å². The second kappa shape index (κ2) is 8.79. The van der Waals surface area contributed by atoms with Gasteiger partial charge in [0.2, 0.25) is 5.91 Å². The first-order valence-corrected chi connectivity index (χ1v) is 9.60. The number of hydrogen-bond acceptors (Lipinski definition) is 4. The smallest absolute Gasteiger partial charge is 0.221 e. The standard InChI is InChI=1S/C20H31N3O2/c21-18(17-7-3-1-4-8-17)15-19(24)22-16-20(9-5-2-6-10-20)23-11-13-25-14-12-23/h1,3-4,7-8,18H,2,5-6,9-16,21H2,(H,22,24). The van der Waals surface area contributed by atoms with Crippen molar-refractivity contribution in [3.8, 4) is 0 Å². The largest absolute Gasteiger partial charge is 0.379 e. The molecule has 1 atom stereocenters. The molecular weight excluding hydrogens is 314 g/mol. The molecule has 138 valence electrons. The van der Waals surface area contributed by atoms with Gasteiger partial charge in [-0.05, 0) is 18.4 Å². The van der Waals surface area contributed by atoms with Gasteiger partial charge in [-0.25, -0.2) is 0 Å². The van der Waals surface area contributed by atoms with Gasteiger partial charge in [0, 0.05) is 37.6 Å². The summed E-state index contributed by atoms with van der Waals surface area (Å²) >= 11 is 0. The van der Waals surface area contributed by atoms with E-state index >= 15 is 0 Å². The van der Waals surface area contributed by atoms with Crippen LogP contribution < -0.4 is 11.1 Å². The molecule has 25 heavy (non-hydrogen) atoms. The zero-order valence-electron chi connectivity index (χ0n) is 15.1. The van der Waals surface area contributed by atoms with Crippen LogP contribution in [-0.2, 0) is 9.53 Å². The summed E-state index contributed by atoms with van der Waals surface area (Å²) in [6.07, 6.45) is 6.46. The number of carbonyl (C=O) groups excluding carboxylic acids is 1. The molecular formula is C20H31N3O2. The Kier molecular flexibility index (Phi) is 6.45. The van der Waals surface area contributed by atoms with Crippen molar-refractivity contribution in [3.05, 3.63) is 35.9 Å². The zero-order chi connectivity index (χ0) is 17.5. The van der Waals surface area contributed by atoms with E-state index in [0.29, 0.717) is 6.42 Å². The first-order chi connectivity index (χ1) is 12.2. The highest BCUT2D eigenvalue weighted by Crippen LogP contribution is 2.34. The number of amides is 1.